The van der Waals surface area contributed by atoms with Gasteiger partial charge in [-0.05, 0) is 36.4 Å². The summed E-state index contributed by atoms with van der Waals surface area (Å²) in [6, 6.07) is 9.55. The average Bonchev–Trinajstić information content (AvgIpc) is 2.57. The fraction of sp³-hybridized carbons (Fsp3) is 0.176. The molecule has 5 nitrogen and oxygen atoms in total. The first-order chi connectivity index (χ1) is 11.4. The molecule has 0 spiro atoms. The number of hydrogen-bond acceptors (Lipinski definition) is 3. The Balaban J connectivity index is 2.25. The van der Waals surface area contributed by atoms with E-state index in [1.165, 1.54) is 7.11 Å². The predicted octanol–water partition coefficient (Wildman–Crippen LogP) is 4.60. The molecule has 2 aromatic carbocycles. The first-order valence-electron chi connectivity index (χ1n) is 7.19. The van der Waals surface area contributed by atoms with Crippen LogP contribution in [0.25, 0.3) is 0 Å². The van der Waals surface area contributed by atoms with Crippen molar-refractivity contribution >= 4 is 46.4 Å². The Morgan fingerprint density at radius 2 is 1.79 bits per heavy atom. The van der Waals surface area contributed by atoms with Crippen LogP contribution in [0.4, 0.5) is 11.4 Å². The van der Waals surface area contributed by atoms with Crippen LogP contribution in [-0.2, 0) is 4.79 Å². The van der Waals surface area contributed by atoms with Gasteiger partial charge >= 0.3 is 0 Å². The molecule has 2 aromatic rings. The minimum atomic E-state index is -0.367. The molecule has 0 radical (unpaired) electrons. The van der Waals surface area contributed by atoms with Gasteiger partial charge in [0.2, 0.25) is 5.91 Å². The van der Waals surface area contributed by atoms with E-state index in [-0.39, 0.29) is 11.8 Å². The van der Waals surface area contributed by atoms with Crippen LogP contribution >= 0.6 is 23.2 Å². The molecule has 0 fully saturated rings. The van der Waals surface area contributed by atoms with Gasteiger partial charge in [-0.15, -0.1) is 0 Å². The smallest absolute Gasteiger partial charge is 0.255 e. The number of halogens is 2. The summed E-state index contributed by atoms with van der Waals surface area (Å²) in [6.45, 7) is 1.74. The van der Waals surface area contributed by atoms with Gasteiger partial charge in [0.05, 0.1) is 23.5 Å². The third kappa shape index (κ3) is 4.40. The SMILES string of the molecule is CCC(=O)Nc1cc(C(=O)Nc2ccc(Cl)cc2Cl)ccc1OC. The first-order valence-corrected chi connectivity index (χ1v) is 7.94. The van der Waals surface area contributed by atoms with Crippen LogP contribution in [0.3, 0.4) is 0 Å². The van der Waals surface area contributed by atoms with Gasteiger partial charge in [-0.2, -0.15) is 0 Å². The van der Waals surface area contributed by atoms with Crippen LogP contribution in [0, 0.1) is 0 Å². The summed E-state index contributed by atoms with van der Waals surface area (Å²) in [4.78, 5) is 24.0. The van der Waals surface area contributed by atoms with E-state index < -0.39 is 0 Å². The lowest BCUT2D eigenvalue weighted by Crippen LogP contribution is -2.14. The molecule has 0 aliphatic rings. The number of benzene rings is 2. The van der Waals surface area contributed by atoms with E-state index in [2.05, 4.69) is 10.6 Å². The number of amides is 2. The normalized spacial score (nSPS) is 10.2. The highest BCUT2D eigenvalue weighted by Crippen LogP contribution is 2.28. The van der Waals surface area contributed by atoms with Gasteiger partial charge in [0, 0.05) is 17.0 Å². The van der Waals surface area contributed by atoms with Crippen molar-refractivity contribution in [1.82, 2.24) is 0 Å². The van der Waals surface area contributed by atoms with Crippen molar-refractivity contribution in [2.24, 2.45) is 0 Å². The Morgan fingerprint density at radius 1 is 1.04 bits per heavy atom. The van der Waals surface area contributed by atoms with Gasteiger partial charge in [0.1, 0.15) is 5.75 Å². The summed E-state index contributed by atoms with van der Waals surface area (Å²) in [5.41, 5.74) is 1.23. The van der Waals surface area contributed by atoms with Crippen molar-refractivity contribution in [2.45, 2.75) is 13.3 Å². The minimum Gasteiger partial charge on any atom is -0.495 e. The lowest BCUT2D eigenvalue weighted by Gasteiger charge is -2.12. The third-order valence-corrected chi connectivity index (χ3v) is 3.78. The highest BCUT2D eigenvalue weighted by Gasteiger charge is 2.13. The standard InChI is InChI=1S/C17H16Cl2N2O3/c1-3-16(22)20-14-8-10(4-7-15(14)24-2)17(23)21-13-6-5-11(18)9-12(13)19/h4-9H,3H2,1-2H3,(H,20,22)(H,21,23). The number of carbonyl (C=O) groups excluding carboxylic acids is 2. The van der Waals surface area contributed by atoms with Crippen molar-refractivity contribution < 1.29 is 14.3 Å². The highest BCUT2D eigenvalue weighted by atomic mass is 35.5. The molecule has 0 atom stereocenters. The average molecular weight is 367 g/mol. The third-order valence-electron chi connectivity index (χ3n) is 3.24. The number of carbonyl (C=O) groups is 2. The molecule has 7 heteroatoms. The molecular formula is C17H16Cl2N2O3. The van der Waals surface area contributed by atoms with Gasteiger partial charge in [0.15, 0.2) is 0 Å². The number of hydrogen-bond donors (Lipinski definition) is 2. The van der Waals surface area contributed by atoms with Crippen LogP contribution in [-0.4, -0.2) is 18.9 Å². The van der Waals surface area contributed by atoms with Gasteiger partial charge in [-0.3, -0.25) is 9.59 Å². The zero-order chi connectivity index (χ0) is 17.7. The van der Waals surface area contributed by atoms with Gasteiger partial charge < -0.3 is 15.4 Å². The Hall–Kier alpha value is -2.24. The molecule has 2 amide bonds. The molecule has 2 N–H and O–H groups in total. The zero-order valence-electron chi connectivity index (χ0n) is 13.2. The van der Waals surface area contributed by atoms with Crippen LogP contribution < -0.4 is 15.4 Å². The largest absolute Gasteiger partial charge is 0.495 e. The lowest BCUT2D eigenvalue weighted by atomic mass is 10.1. The lowest BCUT2D eigenvalue weighted by molar-refractivity contribution is -0.115. The quantitative estimate of drug-likeness (QED) is 0.812. The van der Waals surface area contributed by atoms with Crippen LogP contribution in [0.1, 0.15) is 23.7 Å². The van der Waals surface area contributed by atoms with Crippen LogP contribution in [0.2, 0.25) is 10.0 Å². The maximum Gasteiger partial charge on any atom is 0.255 e. The van der Waals surface area contributed by atoms with Gasteiger partial charge in [-0.1, -0.05) is 30.1 Å². The molecule has 0 unspecified atom stereocenters. The maximum atomic E-state index is 12.4. The monoisotopic (exact) mass is 366 g/mol. The zero-order valence-corrected chi connectivity index (χ0v) is 14.7. The second kappa shape index (κ2) is 8.04. The summed E-state index contributed by atoms with van der Waals surface area (Å²) in [6.07, 6.45) is 0.319. The van der Waals surface area contributed by atoms with E-state index in [1.54, 1.807) is 43.3 Å². The molecule has 0 saturated carbocycles. The van der Waals surface area contributed by atoms with Gasteiger partial charge in [-0.25, -0.2) is 0 Å². The number of nitrogens with one attached hydrogen (secondary N) is 2. The van der Waals surface area contributed by atoms with E-state index in [0.717, 1.165) is 0 Å². The number of anilines is 2. The van der Waals surface area contributed by atoms with Crippen LogP contribution in [0.15, 0.2) is 36.4 Å². The van der Waals surface area contributed by atoms with Crippen molar-refractivity contribution in [2.75, 3.05) is 17.7 Å². The summed E-state index contributed by atoms with van der Waals surface area (Å²) < 4.78 is 5.19. The molecule has 0 saturated heterocycles. The second-order valence-corrected chi connectivity index (χ2v) is 5.74. The number of methoxy groups -OCH3 is 1. The molecule has 0 bridgehead atoms. The minimum absolute atomic E-state index is 0.174. The van der Waals surface area contributed by atoms with Crippen molar-refractivity contribution in [1.29, 1.82) is 0 Å². The molecule has 126 valence electrons. The molecule has 0 aliphatic heterocycles. The summed E-state index contributed by atoms with van der Waals surface area (Å²) >= 11 is 11.9. The molecule has 2 rings (SSSR count). The van der Waals surface area contributed by atoms with Crippen molar-refractivity contribution in [3.8, 4) is 5.75 Å². The Kier molecular flexibility index (Phi) is 6.06. The number of ether oxygens (including phenoxy) is 1. The maximum absolute atomic E-state index is 12.4. The topological polar surface area (TPSA) is 67.4 Å². The molecule has 24 heavy (non-hydrogen) atoms. The fourth-order valence-corrected chi connectivity index (χ4v) is 2.43. The Morgan fingerprint density at radius 3 is 2.42 bits per heavy atom. The van der Waals surface area contributed by atoms with Crippen molar-refractivity contribution in [3.63, 3.8) is 0 Å². The molecular weight excluding hydrogens is 351 g/mol. The van der Waals surface area contributed by atoms with Gasteiger partial charge in [0.25, 0.3) is 5.91 Å². The Labute approximate surface area is 149 Å². The predicted molar refractivity (Wildman–Crippen MR) is 96.3 cm³/mol. The van der Waals surface area contributed by atoms with E-state index in [4.69, 9.17) is 27.9 Å². The van der Waals surface area contributed by atoms with E-state index >= 15 is 0 Å². The summed E-state index contributed by atoms with van der Waals surface area (Å²) in [7, 11) is 1.49. The summed E-state index contributed by atoms with van der Waals surface area (Å²) in [5, 5.41) is 6.22. The second-order valence-electron chi connectivity index (χ2n) is 4.90. The Bertz CT molecular complexity index is 778. The van der Waals surface area contributed by atoms with Crippen LogP contribution in [0.5, 0.6) is 5.75 Å². The molecule has 0 heterocycles. The highest BCUT2D eigenvalue weighted by molar-refractivity contribution is 6.36. The number of rotatable bonds is 5. The van der Waals surface area contributed by atoms with E-state index in [9.17, 15) is 9.59 Å². The fourth-order valence-electron chi connectivity index (χ4n) is 1.97. The molecule has 0 aliphatic carbocycles. The van der Waals surface area contributed by atoms with Crippen molar-refractivity contribution in [3.05, 3.63) is 52.0 Å². The van der Waals surface area contributed by atoms with E-state index in [1.807, 2.05) is 0 Å². The molecule has 0 aromatic heterocycles. The van der Waals surface area contributed by atoms with E-state index in [0.29, 0.717) is 39.2 Å². The first kappa shape index (κ1) is 18.1. The summed E-state index contributed by atoms with van der Waals surface area (Å²) in [5.74, 6) is -0.0710.